The molecule has 9 heteroatoms. The average molecular weight is 536 g/mol. The number of hydrogen-bond donors (Lipinski definition) is 1. The van der Waals surface area contributed by atoms with Crippen LogP contribution in [0.25, 0.3) is 28.4 Å². The van der Waals surface area contributed by atoms with Crippen molar-refractivity contribution in [3.8, 4) is 22.8 Å². The molecule has 7 nitrogen and oxygen atoms in total. The molecule has 1 N–H and O–H groups in total. The summed E-state index contributed by atoms with van der Waals surface area (Å²) in [6.45, 7) is 0. The largest absolute Gasteiger partial charge is 0.506 e. The maximum absolute atomic E-state index is 13.5. The summed E-state index contributed by atoms with van der Waals surface area (Å²) in [5.41, 5.74) is -0.586. The summed E-state index contributed by atoms with van der Waals surface area (Å²) in [6, 6.07) is 8.30. The van der Waals surface area contributed by atoms with Gasteiger partial charge in [0.2, 0.25) is 0 Å². The molecule has 5 aliphatic rings. The topological polar surface area (TPSA) is 93.1 Å². The number of thioether (sulfide) groups is 1. The zero-order valence-corrected chi connectivity index (χ0v) is 21.8. The second kappa shape index (κ2) is 8.49. The zero-order valence-electron chi connectivity index (χ0n) is 20.1. The van der Waals surface area contributed by atoms with Gasteiger partial charge in [0.25, 0.3) is 5.91 Å². The third-order valence-corrected chi connectivity index (χ3v) is 9.86. The minimum atomic E-state index is -0.729. The lowest BCUT2D eigenvalue weighted by Crippen LogP contribution is -2.57. The van der Waals surface area contributed by atoms with Gasteiger partial charge in [-0.2, -0.15) is 0 Å². The third kappa shape index (κ3) is 3.66. The maximum Gasteiger partial charge on any atom is 0.351 e. The Kier molecular flexibility index (Phi) is 5.30. The Morgan fingerprint density at radius 1 is 1.05 bits per heavy atom. The summed E-state index contributed by atoms with van der Waals surface area (Å²) >= 11 is 6.99. The number of amides is 1. The van der Waals surface area contributed by atoms with Crippen LogP contribution >= 0.6 is 24.0 Å². The van der Waals surface area contributed by atoms with Gasteiger partial charge in [-0.1, -0.05) is 24.0 Å². The number of furan rings is 1. The smallest absolute Gasteiger partial charge is 0.351 e. The molecule has 1 amide bonds. The van der Waals surface area contributed by atoms with Crippen LogP contribution in [0.1, 0.15) is 37.9 Å². The monoisotopic (exact) mass is 535 g/mol. The molecule has 37 heavy (non-hydrogen) atoms. The van der Waals surface area contributed by atoms with Crippen LogP contribution in [0.2, 0.25) is 0 Å². The number of carbonyl (C=O) groups excluding carboxylic acids is 1. The van der Waals surface area contributed by atoms with Crippen molar-refractivity contribution in [3.63, 3.8) is 0 Å². The van der Waals surface area contributed by atoms with Crippen LogP contribution in [0.5, 0.6) is 11.5 Å². The Morgan fingerprint density at radius 2 is 1.78 bits per heavy atom. The quantitative estimate of drug-likeness (QED) is 0.255. The lowest BCUT2D eigenvalue weighted by molar-refractivity contribution is -0.130. The predicted molar refractivity (Wildman–Crippen MR) is 144 cm³/mol. The van der Waals surface area contributed by atoms with Gasteiger partial charge in [-0.05, 0) is 80.0 Å². The number of hydrogen-bond acceptors (Lipinski definition) is 8. The van der Waals surface area contributed by atoms with Crippen molar-refractivity contribution in [1.82, 2.24) is 4.90 Å². The molecule has 0 spiro atoms. The molecule has 1 aliphatic heterocycles. The summed E-state index contributed by atoms with van der Waals surface area (Å²) in [5.74, 6) is 3.50. The van der Waals surface area contributed by atoms with Crippen LogP contribution in [0, 0.1) is 23.7 Å². The second-order valence-corrected chi connectivity index (χ2v) is 12.3. The van der Waals surface area contributed by atoms with E-state index in [1.165, 1.54) is 51.0 Å². The van der Waals surface area contributed by atoms with E-state index in [0.29, 0.717) is 38.0 Å². The summed E-state index contributed by atoms with van der Waals surface area (Å²) in [6.07, 6.45) is 7.86. The van der Waals surface area contributed by atoms with Crippen LogP contribution in [0.4, 0.5) is 0 Å². The van der Waals surface area contributed by atoms with Gasteiger partial charge in [0, 0.05) is 18.2 Å². The first kappa shape index (κ1) is 23.1. The third-order valence-electron chi connectivity index (χ3n) is 8.53. The number of aromatic hydroxyl groups is 1. The second-order valence-electron chi connectivity index (χ2n) is 10.7. The molecule has 3 aromatic rings. The van der Waals surface area contributed by atoms with E-state index in [9.17, 15) is 14.7 Å². The van der Waals surface area contributed by atoms with E-state index in [1.807, 2.05) is 4.90 Å². The van der Waals surface area contributed by atoms with E-state index in [4.69, 9.17) is 25.8 Å². The standard InChI is InChI=1S/C28H25NO6S2/c1-33-17-2-4-19-21(11-17)35-27(32)23(25(19)30)20-5-3-18(34-20)12-22-26(31)29(28(36)37-22)24-15-7-13-6-14(9-15)10-16(24)8-13/h2-5,11-16,24,30H,6-10H2,1H3. The van der Waals surface area contributed by atoms with Crippen molar-refractivity contribution in [1.29, 1.82) is 0 Å². The fourth-order valence-electron chi connectivity index (χ4n) is 7.26. The molecule has 190 valence electrons. The van der Waals surface area contributed by atoms with Crippen molar-refractivity contribution >= 4 is 51.3 Å². The van der Waals surface area contributed by atoms with Crippen molar-refractivity contribution < 1.29 is 23.5 Å². The van der Waals surface area contributed by atoms with Crippen molar-refractivity contribution in [2.24, 2.45) is 23.7 Å². The summed E-state index contributed by atoms with van der Waals surface area (Å²) in [4.78, 5) is 28.6. The molecule has 5 fully saturated rings. The highest BCUT2D eigenvalue weighted by Gasteiger charge is 2.53. The number of rotatable bonds is 4. The molecule has 1 saturated heterocycles. The SMILES string of the molecule is COc1ccc2c(O)c(-c3ccc(C=C4SC(=S)N(C5C6CC7CC(C6)CC5C7)C4=O)o3)c(=O)oc2c1. The molecule has 1 aromatic carbocycles. The Hall–Kier alpha value is -3.04. The summed E-state index contributed by atoms with van der Waals surface area (Å²) in [5, 5.41) is 11.2. The Balaban J connectivity index is 1.18. The zero-order chi connectivity index (χ0) is 25.4. The number of benzene rings is 1. The summed E-state index contributed by atoms with van der Waals surface area (Å²) < 4.78 is 17.1. The van der Waals surface area contributed by atoms with E-state index in [0.717, 1.165) is 11.8 Å². The van der Waals surface area contributed by atoms with Gasteiger partial charge < -0.3 is 18.7 Å². The van der Waals surface area contributed by atoms with Crippen LogP contribution in [0.15, 0.2) is 48.9 Å². The van der Waals surface area contributed by atoms with E-state index >= 15 is 0 Å². The van der Waals surface area contributed by atoms with Gasteiger partial charge >= 0.3 is 5.63 Å². The number of methoxy groups -OCH3 is 1. The number of thiocarbonyl (C=S) groups is 1. The molecule has 0 radical (unpaired) electrons. The first-order chi connectivity index (χ1) is 17.9. The van der Waals surface area contributed by atoms with Gasteiger partial charge in [-0.15, -0.1) is 0 Å². The van der Waals surface area contributed by atoms with Gasteiger partial charge in [-0.3, -0.25) is 9.69 Å². The minimum absolute atomic E-state index is 0.0626. The van der Waals surface area contributed by atoms with E-state index < -0.39 is 5.63 Å². The minimum Gasteiger partial charge on any atom is -0.506 e. The van der Waals surface area contributed by atoms with Crippen molar-refractivity contribution in [2.45, 2.75) is 38.1 Å². The Bertz CT molecular complexity index is 1520. The molecule has 4 bridgehead atoms. The number of nitrogens with zero attached hydrogens (tertiary/aromatic N) is 1. The highest BCUT2D eigenvalue weighted by molar-refractivity contribution is 8.26. The van der Waals surface area contributed by atoms with Gasteiger partial charge in [0.15, 0.2) is 0 Å². The van der Waals surface area contributed by atoms with Gasteiger partial charge in [0.05, 0.1) is 17.4 Å². The van der Waals surface area contributed by atoms with E-state index in [-0.39, 0.29) is 34.6 Å². The van der Waals surface area contributed by atoms with Gasteiger partial charge in [-0.25, -0.2) is 4.79 Å². The molecule has 2 aromatic heterocycles. The van der Waals surface area contributed by atoms with Crippen LogP contribution < -0.4 is 10.4 Å². The maximum atomic E-state index is 13.5. The summed E-state index contributed by atoms with van der Waals surface area (Å²) in [7, 11) is 1.51. The van der Waals surface area contributed by atoms with Crippen LogP contribution in [-0.2, 0) is 4.79 Å². The first-order valence-electron chi connectivity index (χ1n) is 12.6. The number of carbonyl (C=O) groups is 1. The Labute approximate surface area is 222 Å². The first-order valence-corrected chi connectivity index (χ1v) is 13.8. The number of fused-ring (bicyclic) bond motifs is 1. The molecule has 3 heterocycles. The molecule has 8 rings (SSSR count). The Morgan fingerprint density at radius 3 is 2.49 bits per heavy atom. The van der Waals surface area contributed by atoms with Crippen LogP contribution in [0.3, 0.4) is 0 Å². The molecule has 4 aliphatic carbocycles. The normalized spacial score (nSPS) is 29.7. The highest BCUT2D eigenvalue weighted by atomic mass is 32.2. The molecule has 0 unspecified atom stereocenters. The molecular weight excluding hydrogens is 510 g/mol. The van der Waals surface area contributed by atoms with Crippen LogP contribution in [-0.4, -0.2) is 33.4 Å². The lowest BCUT2D eigenvalue weighted by atomic mass is 9.54. The fraction of sp³-hybridized carbons (Fsp3) is 0.393. The van der Waals surface area contributed by atoms with Crippen molar-refractivity contribution in [2.75, 3.05) is 7.11 Å². The van der Waals surface area contributed by atoms with Crippen molar-refractivity contribution in [3.05, 3.63) is 51.4 Å². The molecule has 4 saturated carbocycles. The lowest BCUT2D eigenvalue weighted by Gasteiger charge is -2.56. The molecule has 0 atom stereocenters. The average Bonchev–Trinajstić information content (AvgIpc) is 3.42. The highest BCUT2D eigenvalue weighted by Crippen LogP contribution is 2.56. The van der Waals surface area contributed by atoms with E-state index in [2.05, 4.69) is 0 Å². The van der Waals surface area contributed by atoms with Gasteiger partial charge in [0.1, 0.15) is 38.5 Å². The molecular formula is C28H25NO6S2. The predicted octanol–water partition coefficient (Wildman–Crippen LogP) is 5.79. The fourth-order valence-corrected chi connectivity index (χ4v) is 8.58. The number of ether oxygens (including phenoxy) is 1. The van der Waals surface area contributed by atoms with E-state index in [1.54, 1.807) is 36.4 Å².